The zero-order valence-electron chi connectivity index (χ0n) is 21.4. The molecule has 1 rings (SSSR count). The SMILES string of the molecule is C=C(CCC(=C)C1CCC(CCCC(C)C)CC1)CCN(CCC)CCCN(C)C. The summed E-state index contributed by atoms with van der Waals surface area (Å²) in [5.74, 6) is 2.63. The van der Waals surface area contributed by atoms with E-state index in [2.05, 4.69) is 57.8 Å². The maximum atomic E-state index is 4.49. The van der Waals surface area contributed by atoms with E-state index in [1.165, 1.54) is 95.1 Å². The smallest absolute Gasteiger partial charge is 0.00185 e. The molecule has 176 valence electrons. The fourth-order valence-electron chi connectivity index (χ4n) is 4.92. The summed E-state index contributed by atoms with van der Waals surface area (Å²) in [7, 11) is 4.33. The van der Waals surface area contributed by atoms with E-state index in [1.54, 1.807) is 0 Å². The van der Waals surface area contributed by atoms with Crippen LogP contribution in [0.3, 0.4) is 0 Å². The fourth-order valence-corrected chi connectivity index (χ4v) is 4.92. The first-order valence-electron chi connectivity index (χ1n) is 13.0. The van der Waals surface area contributed by atoms with Crippen molar-refractivity contribution < 1.29 is 0 Å². The highest BCUT2D eigenvalue weighted by Gasteiger charge is 2.22. The molecule has 0 unspecified atom stereocenters. The molecule has 0 amide bonds. The number of hydrogen-bond donors (Lipinski definition) is 0. The second kappa shape index (κ2) is 16.1. The van der Waals surface area contributed by atoms with Crippen molar-refractivity contribution in [1.82, 2.24) is 9.80 Å². The summed E-state index contributed by atoms with van der Waals surface area (Å²) in [4.78, 5) is 4.91. The van der Waals surface area contributed by atoms with Crippen LogP contribution in [-0.2, 0) is 0 Å². The molecular formula is C28H54N2. The minimum absolute atomic E-state index is 0.779. The third-order valence-electron chi connectivity index (χ3n) is 7.02. The maximum absolute atomic E-state index is 4.49. The quantitative estimate of drug-likeness (QED) is 0.225. The largest absolute Gasteiger partial charge is 0.309 e. The molecule has 0 aromatic carbocycles. The lowest BCUT2D eigenvalue weighted by molar-refractivity contribution is 0.257. The second-order valence-corrected chi connectivity index (χ2v) is 10.7. The summed E-state index contributed by atoms with van der Waals surface area (Å²) in [5.41, 5.74) is 2.93. The van der Waals surface area contributed by atoms with Crippen LogP contribution in [0.25, 0.3) is 0 Å². The van der Waals surface area contributed by atoms with E-state index >= 15 is 0 Å². The highest BCUT2D eigenvalue weighted by atomic mass is 15.1. The average molecular weight is 419 g/mol. The molecule has 0 aromatic rings. The van der Waals surface area contributed by atoms with Crippen molar-refractivity contribution >= 4 is 0 Å². The van der Waals surface area contributed by atoms with Crippen molar-refractivity contribution in [3.05, 3.63) is 24.3 Å². The second-order valence-electron chi connectivity index (χ2n) is 10.7. The third kappa shape index (κ3) is 13.0. The van der Waals surface area contributed by atoms with Gasteiger partial charge in [0.1, 0.15) is 0 Å². The van der Waals surface area contributed by atoms with Crippen LogP contribution in [-0.4, -0.2) is 50.1 Å². The van der Waals surface area contributed by atoms with E-state index in [-0.39, 0.29) is 0 Å². The van der Waals surface area contributed by atoms with Gasteiger partial charge in [0.05, 0.1) is 0 Å². The lowest BCUT2D eigenvalue weighted by atomic mass is 9.76. The highest BCUT2D eigenvalue weighted by molar-refractivity contribution is 5.07. The van der Waals surface area contributed by atoms with Crippen molar-refractivity contribution in [2.75, 3.05) is 40.3 Å². The molecule has 0 atom stereocenters. The molecule has 2 heteroatoms. The summed E-state index contributed by atoms with van der Waals surface area (Å²) < 4.78 is 0. The Hall–Kier alpha value is -0.600. The molecule has 1 aliphatic rings. The first-order valence-corrected chi connectivity index (χ1v) is 13.0. The Balaban J connectivity index is 2.20. The molecule has 1 saturated carbocycles. The zero-order chi connectivity index (χ0) is 22.4. The molecule has 0 bridgehead atoms. The molecule has 0 aromatic heterocycles. The van der Waals surface area contributed by atoms with E-state index in [9.17, 15) is 0 Å². The van der Waals surface area contributed by atoms with Crippen LogP contribution in [0.15, 0.2) is 24.3 Å². The van der Waals surface area contributed by atoms with Gasteiger partial charge in [-0.1, -0.05) is 64.3 Å². The van der Waals surface area contributed by atoms with Crippen molar-refractivity contribution in [3.8, 4) is 0 Å². The standard InChI is InChI=1S/C28H54N2/c1-8-20-30(22-10-21-29(6)7)23-19-25(4)13-14-26(5)28-17-15-27(16-18-28)12-9-11-24(2)3/h24,27-28H,4-5,8-23H2,1-3,6-7H3. The van der Waals surface area contributed by atoms with Gasteiger partial charge in [-0.2, -0.15) is 0 Å². The molecule has 0 aliphatic heterocycles. The van der Waals surface area contributed by atoms with E-state index < -0.39 is 0 Å². The summed E-state index contributed by atoms with van der Waals surface area (Å²) in [6, 6.07) is 0. The summed E-state index contributed by atoms with van der Waals surface area (Å²) in [5, 5.41) is 0. The van der Waals surface area contributed by atoms with Crippen LogP contribution in [0, 0.1) is 17.8 Å². The molecular weight excluding hydrogens is 364 g/mol. The first-order chi connectivity index (χ1) is 14.3. The van der Waals surface area contributed by atoms with Crippen LogP contribution >= 0.6 is 0 Å². The highest BCUT2D eigenvalue weighted by Crippen LogP contribution is 2.37. The number of hydrogen-bond acceptors (Lipinski definition) is 2. The number of rotatable bonds is 17. The van der Waals surface area contributed by atoms with Gasteiger partial charge in [0.15, 0.2) is 0 Å². The minimum atomic E-state index is 0.779. The number of nitrogens with zero attached hydrogens (tertiary/aromatic N) is 2. The van der Waals surface area contributed by atoms with Gasteiger partial charge in [-0.25, -0.2) is 0 Å². The molecule has 30 heavy (non-hydrogen) atoms. The van der Waals surface area contributed by atoms with Crippen molar-refractivity contribution in [3.63, 3.8) is 0 Å². The Kier molecular flexibility index (Phi) is 14.7. The molecule has 2 nitrogen and oxygen atoms in total. The molecule has 1 aliphatic carbocycles. The van der Waals surface area contributed by atoms with Crippen molar-refractivity contribution in [2.24, 2.45) is 17.8 Å². The van der Waals surface area contributed by atoms with Gasteiger partial charge in [-0.3, -0.25) is 0 Å². The summed E-state index contributed by atoms with van der Waals surface area (Å²) in [6.45, 7) is 20.7. The van der Waals surface area contributed by atoms with Gasteiger partial charge in [-0.15, -0.1) is 0 Å². The number of allylic oxidation sites excluding steroid dienone is 1. The summed E-state index contributed by atoms with van der Waals surface area (Å²) in [6.07, 6.45) is 15.9. The third-order valence-corrected chi connectivity index (χ3v) is 7.02. The van der Waals surface area contributed by atoms with E-state index in [0.29, 0.717) is 0 Å². The van der Waals surface area contributed by atoms with Crippen LogP contribution in [0.5, 0.6) is 0 Å². The Bertz CT molecular complexity index is 457. The van der Waals surface area contributed by atoms with E-state index in [1.807, 2.05) is 0 Å². The predicted octanol–water partition coefficient (Wildman–Crippen LogP) is 7.57. The fraction of sp³-hybridized carbons (Fsp3) is 0.857. The predicted molar refractivity (Wildman–Crippen MR) is 136 cm³/mol. The van der Waals surface area contributed by atoms with Crippen LogP contribution in [0.2, 0.25) is 0 Å². The van der Waals surface area contributed by atoms with E-state index in [4.69, 9.17) is 0 Å². The van der Waals surface area contributed by atoms with Gasteiger partial charge < -0.3 is 9.80 Å². The molecule has 0 N–H and O–H groups in total. The molecule has 1 fully saturated rings. The zero-order valence-corrected chi connectivity index (χ0v) is 21.4. The van der Waals surface area contributed by atoms with Crippen LogP contribution < -0.4 is 0 Å². The van der Waals surface area contributed by atoms with Gasteiger partial charge in [0, 0.05) is 6.54 Å². The van der Waals surface area contributed by atoms with Crippen molar-refractivity contribution in [1.29, 1.82) is 0 Å². The Morgan fingerprint density at radius 2 is 1.57 bits per heavy atom. The van der Waals surface area contributed by atoms with Crippen molar-refractivity contribution in [2.45, 2.75) is 97.8 Å². The Morgan fingerprint density at radius 1 is 0.867 bits per heavy atom. The first kappa shape index (κ1) is 27.4. The Labute approximate surface area is 190 Å². The lowest BCUT2D eigenvalue weighted by Gasteiger charge is -2.30. The molecule has 0 saturated heterocycles. The minimum Gasteiger partial charge on any atom is -0.309 e. The van der Waals surface area contributed by atoms with Crippen LogP contribution in [0.1, 0.15) is 97.8 Å². The normalized spacial score (nSPS) is 19.7. The van der Waals surface area contributed by atoms with Gasteiger partial charge >= 0.3 is 0 Å². The Morgan fingerprint density at radius 3 is 2.17 bits per heavy atom. The average Bonchev–Trinajstić information content (AvgIpc) is 2.70. The van der Waals surface area contributed by atoms with E-state index in [0.717, 1.165) is 37.0 Å². The molecule has 0 heterocycles. The van der Waals surface area contributed by atoms with Gasteiger partial charge in [0.2, 0.25) is 0 Å². The summed E-state index contributed by atoms with van der Waals surface area (Å²) >= 11 is 0. The monoisotopic (exact) mass is 418 g/mol. The maximum Gasteiger partial charge on any atom is 0.00185 e. The molecule has 0 spiro atoms. The van der Waals surface area contributed by atoms with Crippen LogP contribution in [0.4, 0.5) is 0 Å². The van der Waals surface area contributed by atoms with Gasteiger partial charge in [-0.05, 0) is 109 Å². The lowest BCUT2D eigenvalue weighted by Crippen LogP contribution is -2.29. The topological polar surface area (TPSA) is 6.48 Å². The van der Waals surface area contributed by atoms with Gasteiger partial charge in [0.25, 0.3) is 0 Å². The molecule has 0 radical (unpaired) electrons.